The van der Waals surface area contributed by atoms with Crippen LogP contribution in [0.15, 0.2) is 113 Å². The van der Waals surface area contributed by atoms with Crippen LogP contribution in [0.5, 0.6) is 23.0 Å². The second kappa shape index (κ2) is 30.8. The van der Waals surface area contributed by atoms with Gasteiger partial charge in [0.05, 0.1) is 13.2 Å². The Morgan fingerprint density at radius 1 is 0.455 bits per heavy atom. The molecule has 7 nitrogen and oxygen atoms in total. The van der Waals surface area contributed by atoms with Crippen molar-refractivity contribution >= 4 is 23.9 Å². The van der Waals surface area contributed by atoms with E-state index in [0.717, 1.165) is 59.8 Å². The zero-order chi connectivity index (χ0) is 46.3. The van der Waals surface area contributed by atoms with E-state index >= 15 is 0 Å². The summed E-state index contributed by atoms with van der Waals surface area (Å²) in [5, 5.41) is 21.3. The van der Waals surface area contributed by atoms with Gasteiger partial charge < -0.3 is 19.7 Å². The second-order valence-electron chi connectivity index (χ2n) is 17.0. The van der Waals surface area contributed by atoms with Gasteiger partial charge >= 0.3 is 0 Å². The van der Waals surface area contributed by atoms with E-state index in [9.17, 15) is 10.2 Å². The van der Waals surface area contributed by atoms with Crippen molar-refractivity contribution in [2.45, 2.75) is 142 Å². The zero-order valence-corrected chi connectivity index (χ0v) is 39.6. The van der Waals surface area contributed by atoms with Crippen molar-refractivity contribution in [3.63, 3.8) is 0 Å². The van der Waals surface area contributed by atoms with Crippen molar-refractivity contribution < 1.29 is 19.7 Å². The van der Waals surface area contributed by atoms with Crippen LogP contribution in [0.2, 0.25) is 0 Å². The molecule has 0 aliphatic carbocycles. The molecule has 0 saturated heterocycles. The highest BCUT2D eigenvalue weighted by molar-refractivity contribution is 5.89. The van der Waals surface area contributed by atoms with E-state index in [1.165, 1.54) is 116 Å². The van der Waals surface area contributed by atoms with Crippen LogP contribution in [0.25, 0.3) is 0 Å². The molecule has 0 unspecified atom stereocenters. The molecular weight excluding hydrogens is 815 g/mol. The van der Waals surface area contributed by atoms with E-state index in [2.05, 4.69) is 52.5 Å². The molecule has 1 heterocycles. The van der Waals surface area contributed by atoms with Gasteiger partial charge in [-0.1, -0.05) is 153 Å². The second-order valence-corrected chi connectivity index (χ2v) is 17.0. The highest BCUT2D eigenvalue weighted by Gasteiger charge is 2.05. The van der Waals surface area contributed by atoms with Gasteiger partial charge in [0.2, 0.25) is 0 Å². The molecule has 0 fully saturated rings. The van der Waals surface area contributed by atoms with Crippen molar-refractivity contribution in [3.05, 3.63) is 137 Å². The molecule has 0 bridgehead atoms. The average molecular weight is 886 g/mol. The van der Waals surface area contributed by atoms with Crippen molar-refractivity contribution in [2.75, 3.05) is 13.2 Å². The third kappa shape index (κ3) is 19.8. The Balaban J connectivity index is 1.08. The molecule has 66 heavy (non-hydrogen) atoms. The van der Waals surface area contributed by atoms with Crippen LogP contribution in [0.4, 0.5) is 11.5 Å². The summed E-state index contributed by atoms with van der Waals surface area (Å²) < 4.78 is 11.9. The number of pyridine rings is 1. The van der Waals surface area contributed by atoms with E-state index in [4.69, 9.17) is 9.47 Å². The van der Waals surface area contributed by atoms with E-state index in [1.807, 2.05) is 48.5 Å². The minimum Gasteiger partial charge on any atom is -0.507 e. The molecule has 5 rings (SSSR count). The fraction of sp³-hybridized carbons (Fsp3) is 0.407. The van der Waals surface area contributed by atoms with E-state index in [0.29, 0.717) is 22.6 Å². The summed E-state index contributed by atoms with van der Waals surface area (Å²) in [6, 6.07) is 29.6. The molecule has 0 amide bonds. The summed E-state index contributed by atoms with van der Waals surface area (Å²) in [5.74, 6) is 15.0. The van der Waals surface area contributed by atoms with Gasteiger partial charge in [-0.3, -0.25) is 4.99 Å². The third-order valence-corrected chi connectivity index (χ3v) is 11.4. The molecule has 4 aromatic carbocycles. The molecule has 5 aromatic rings. The number of phenols is 2. The van der Waals surface area contributed by atoms with Crippen LogP contribution in [-0.4, -0.2) is 40.8 Å². The number of benzene rings is 4. The fourth-order valence-electron chi connectivity index (χ4n) is 7.45. The molecule has 2 N–H and O–H groups in total. The van der Waals surface area contributed by atoms with Gasteiger partial charge in [-0.05, 0) is 110 Å². The lowest BCUT2D eigenvalue weighted by molar-refractivity contribution is 0.304. The number of nitrogens with zero attached hydrogens (tertiary/aromatic N) is 3. The molecule has 0 saturated carbocycles. The largest absolute Gasteiger partial charge is 0.507 e. The normalized spacial score (nSPS) is 11.1. The first kappa shape index (κ1) is 50.7. The van der Waals surface area contributed by atoms with Crippen molar-refractivity contribution in [2.24, 2.45) is 9.98 Å². The summed E-state index contributed by atoms with van der Waals surface area (Å²) in [7, 11) is 0. The van der Waals surface area contributed by atoms with Gasteiger partial charge in [-0.15, -0.1) is 0 Å². The van der Waals surface area contributed by atoms with E-state index in [1.54, 1.807) is 67.2 Å². The molecule has 346 valence electrons. The molecule has 0 aliphatic rings. The predicted octanol–water partition coefficient (Wildman–Crippen LogP) is 15.4. The first-order chi connectivity index (χ1) is 32.5. The highest BCUT2D eigenvalue weighted by Crippen LogP contribution is 2.27. The van der Waals surface area contributed by atoms with E-state index < -0.39 is 0 Å². The minimum absolute atomic E-state index is 0.0703. The monoisotopic (exact) mass is 886 g/mol. The molecule has 0 radical (unpaired) electrons. The molecular formula is C59H71N3O4. The van der Waals surface area contributed by atoms with Crippen molar-refractivity contribution in [1.29, 1.82) is 0 Å². The predicted molar refractivity (Wildman–Crippen MR) is 274 cm³/mol. The molecule has 0 atom stereocenters. The smallest absolute Gasteiger partial charge is 0.178 e. The van der Waals surface area contributed by atoms with Crippen molar-refractivity contribution in [3.8, 4) is 46.7 Å². The molecule has 0 spiro atoms. The van der Waals surface area contributed by atoms with Gasteiger partial charge in [0.25, 0.3) is 0 Å². The van der Waals surface area contributed by atoms with Crippen LogP contribution in [-0.2, 0) is 0 Å². The topological polar surface area (TPSA) is 96.5 Å². The maximum Gasteiger partial charge on any atom is 0.178 e. The number of rotatable bonds is 28. The SMILES string of the molecule is CCCCCCCCCCCCOc1ccc(C#Cc2ccc(O)c(C=Nc3cccnc3/N=C/c3cc(C#Cc4ccc(OCCCCCCCCCCCC)cc4)ccc3O)c2)cc1. The molecule has 0 aliphatic heterocycles. The number of unbranched alkanes of at least 4 members (excludes halogenated alkanes) is 18. The highest BCUT2D eigenvalue weighted by atomic mass is 16.5. The van der Waals surface area contributed by atoms with Crippen LogP contribution in [0, 0.1) is 23.7 Å². The zero-order valence-electron chi connectivity index (χ0n) is 39.6. The maximum absolute atomic E-state index is 10.7. The fourth-order valence-corrected chi connectivity index (χ4v) is 7.45. The van der Waals surface area contributed by atoms with Gasteiger partial charge in [0, 0.05) is 52.0 Å². The summed E-state index contributed by atoms with van der Waals surface area (Å²) in [6.07, 6.45) is 30.8. The Kier molecular flexibility index (Phi) is 23.6. The molecule has 7 heteroatoms. The van der Waals surface area contributed by atoms with Crippen LogP contribution in [0.3, 0.4) is 0 Å². The van der Waals surface area contributed by atoms with Gasteiger partial charge in [-0.2, -0.15) is 0 Å². The van der Waals surface area contributed by atoms with Crippen LogP contribution >= 0.6 is 0 Å². The first-order valence-corrected chi connectivity index (χ1v) is 24.7. The van der Waals surface area contributed by atoms with Crippen LogP contribution < -0.4 is 9.47 Å². The number of aromatic hydroxyl groups is 2. The Morgan fingerprint density at radius 3 is 1.27 bits per heavy atom. The molecule has 1 aromatic heterocycles. The third-order valence-electron chi connectivity index (χ3n) is 11.4. The lowest BCUT2D eigenvalue weighted by Gasteiger charge is -2.06. The number of phenolic OH excluding ortho intramolecular Hbond substituents is 2. The summed E-state index contributed by atoms with van der Waals surface area (Å²) in [4.78, 5) is 13.6. The summed E-state index contributed by atoms with van der Waals surface area (Å²) in [6.45, 7) is 5.98. The standard InChI is InChI=1S/C59H71N3O4/c1-3-5-7-9-11-13-15-17-19-21-42-65-54-35-29-48(30-36-54)25-27-50-33-39-57(63)52(44-50)46-61-56-24-23-41-60-59(56)62-47-53-45-51(34-40-58(53)64)28-26-49-31-37-55(38-32-49)66-43-22-20-18-16-14-12-10-8-6-4-2/h23-24,29-41,44-47,63-64H,3-22,42-43H2,1-2H3/b61-46?,62-47+. The number of aromatic nitrogens is 1. The summed E-state index contributed by atoms with van der Waals surface area (Å²) >= 11 is 0. The summed E-state index contributed by atoms with van der Waals surface area (Å²) in [5.41, 5.74) is 4.70. The Bertz CT molecular complexity index is 2180. The average Bonchev–Trinajstić information content (AvgIpc) is 3.34. The number of aliphatic imine (C=N–C) groups is 2. The Morgan fingerprint density at radius 2 is 0.833 bits per heavy atom. The van der Waals surface area contributed by atoms with Gasteiger partial charge in [0.1, 0.15) is 28.7 Å². The maximum atomic E-state index is 10.7. The number of ether oxygens (including phenoxy) is 2. The Labute approximate surface area is 395 Å². The quantitative estimate of drug-likeness (QED) is 0.0296. The van der Waals surface area contributed by atoms with Gasteiger partial charge in [0.15, 0.2) is 5.82 Å². The lowest BCUT2D eigenvalue weighted by Crippen LogP contribution is -1.97. The Hall–Kier alpha value is -6.31. The number of hydrogen-bond acceptors (Lipinski definition) is 7. The van der Waals surface area contributed by atoms with Gasteiger partial charge in [-0.25, -0.2) is 9.98 Å². The first-order valence-electron chi connectivity index (χ1n) is 24.7. The van der Waals surface area contributed by atoms with Crippen LogP contribution in [0.1, 0.15) is 176 Å². The van der Waals surface area contributed by atoms with Crippen molar-refractivity contribution in [1.82, 2.24) is 4.98 Å². The van der Waals surface area contributed by atoms with E-state index in [-0.39, 0.29) is 11.5 Å². The minimum atomic E-state index is 0.0703. The lowest BCUT2D eigenvalue weighted by atomic mass is 10.1. The number of hydrogen-bond donors (Lipinski definition) is 2.